The number of carbonyl (C=O) groups is 3. The van der Waals surface area contributed by atoms with Gasteiger partial charge in [0.2, 0.25) is 5.91 Å². The smallest absolute Gasteiger partial charge is 0.407 e. The van der Waals surface area contributed by atoms with Crippen molar-refractivity contribution in [3.63, 3.8) is 0 Å². The Labute approximate surface area is 251 Å². The molecule has 3 aromatic rings. The average molecular weight is 592 g/mol. The van der Waals surface area contributed by atoms with Crippen LogP contribution in [0.1, 0.15) is 63.6 Å². The molecule has 43 heavy (non-hydrogen) atoms. The Morgan fingerprint density at radius 3 is 2.33 bits per heavy atom. The number of piperidine rings is 2. The van der Waals surface area contributed by atoms with Crippen LogP contribution in [0.3, 0.4) is 0 Å². The molecule has 1 unspecified atom stereocenters. The fourth-order valence-electron chi connectivity index (χ4n) is 6.04. The minimum Gasteiger partial charge on any atom is -0.497 e. The summed E-state index contributed by atoms with van der Waals surface area (Å²) in [5.74, 6) is 0.0834. The summed E-state index contributed by atoms with van der Waals surface area (Å²) in [5, 5.41) is 2.97. The van der Waals surface area contributed by atoms with Crippen molar-refractivity contribution in [3.8, 4) is 5.75 Å². The minimum absolute atomic E-state index is 0.0493. The van der Waals surface area contributed by atoms with E-state index in [0.29, 0.717) is 17.8 Å². The second-order valence-corrected chi connectivity index (χ2v) is 12.4. The van der Waals surface area contributed by atoms with E-state index in [1.807, 2.05) is 51.1 Å². The fourth-order valence-corrected chi connectivity index (χ4v) is 6.04. The number of carbonyl (C=O) groups excluding carboxylic acids is 3. The summed E-state index contributed by atoms with van der Waals surface area (Å²) in [5.41, 5.74) is 2.45. The molecule has 1 aromatic heterocycles. The van der Waals surface area contributed by atoms with Gasteiger partial charge in [-0.25, -0.2) is 9.59 Å². The molecule has 0 spiro atoms. The van der Waals surface area contributed by atoms with Gasteiger partial charge in [-0.2, -0.15) is 0 Å². The summed E-state index contributed by atoms with van der Waals surface area (Å²) < 4.78 is 13.8. The van der Waals surface area contributed by atoms with E-state index in [1.54, 1.807) is 35.4 Å². The van der Waals surface area contributed by atoms with E-state index in [1.165, 1.54) is 4.90 Å². The summed E-state index contributed by atoms with van der Waals surface area (Å²) in [7, 11) is 3.31. The molecule has 3 amide bonds. The highest BCUT2D eigenvalue weighted by Gasteiger charge is 2.37. The largest absolute Gasteiger partial charge is 0.497 e. The normalized spacial score (nSPS) is 18.7. The third-order valence-corrected chi connectivity index (χ3v) is 8.18. The van der Waals surface area contributed by atoms with Crippen LogP contribution < -0.4 is 15.7 Å². The van der Waals surface area contributed by atoms with Gasteiger partial charge in [-0.3, -0.25) is 28.5 Å². The van der Waals surface area contributed by atoms with Crippen molar-refractivity contribution in [2.45, 2.75) is 77.2 Å². The second-order valence-electron chi connectivity index (χ2n) is 12.4. The van der Waals surface area contributed by atoms with Gasteiger partial charge in [0.25, 0.3) is 5.91 Å². The first-order valence-electron chi connectivity index (χ1n) is 14.8. The topological polar surface area (TPSA) is 115 Å². The third kappa shape index (κ3) is 6.61. The second kappa shape index (κ2) is 12.2. The fraction of sp³-hybridized carbons (Fsp3) is 0.500. The molecular weight excluding hydrogens is 550 g/mol. The molecule has 2 fully saturated rings. The first kappa shape index (κ1) is 30.3. The van der Waals surface area contributed by atoms with Gasteiger partial charge in [-0.1, -0.05) is 24.3 Å². The lowest BCUT2D eigenvalue weighted by Gasteiger charge is -2.33. The first-order valence-corrected chi connectivity index (χ1v) is 14.8. The van der Waals surface area contributed by atoms with Crippen LogP contribution in [0.25, 0.3) is 11.0 Å². The number of amides is 3. The zero-order chi connectivity index (χ0) is 30.9. The van der Waals surface area contributed by atoms with Crippen molar-refractivity contribution in [2.75, 3.05) is 20.2 Å². The van der Waals surface area contributed by atoms with Crippen molar-refractivity contribution in [1.82, 2.24) is 24.3 Å². The van der Waals surface area contributed by atoms with Crippen LogP contribution in [-0.2, 0) is 34.5 Å². The molecule has 1 N–H and O–H groups in total. The molecule has 230 valence electrons. The highest BCUT2D eigenvalue weighted by molar-refractivity contribution is 6.00. The number of likely N-dealkylation sites (tertiary alicyclic amines) is 2. The quantitative estimate of drug-likeness (QED) is 0.417. The third-order valence-electron chi connectivity index (χ3n) is 8.18. The molecule has 2 aliphatic heterocycles. The summed E-state index contributed by atoms with van der Waals surface area (Å²) >= 11 is 0. The summed E-state index contributed by atoms with van der Waals surface area (Å²) in [6, 6.07) is 12.3. The maximum absolute atomic E-state index is 13.7. The van der Waals surface area contributed by atoms with E-state index in [2.05, 4.69) is 10.2 Å². The van der Waals surface area contributed by atoms with E-state index in [0.717, 1.165) is 42.6 Å². The van der Waals surface area contributed by atoms with Gasteiger partial charge >= 0.3 is 11.8 Å². The van der Waals surface area contributed by atoms with Crippen LogP contribution in [0.5, 0.6) is 5.75 Å². The number of para-hydroxylation sites is 1. The number of aromatic nitrogens is 2. The molecular formula is C32H41N5O6. The molecule has 2 aromatic carbocycles. The maximum atomic E-state index is 13.7. The van der Waals surface area contributed by atoms with Gasteiger partial charge in [0.1, 0.15) is 17.4 Å². The molecule has 0 saturated carbocycles. The number of fused-ring (bicyclic) bond motifs is 1. The molecule has 0 radical (unpaired) electrons. The summed E-state index contributed by atoms with van der Waals surface area (Å²) in [6.07, 6.45) is 1.65. The lowest BCUT2D eigenvalue weighted by molar-refractivity contribution is -0.151. The summed E-state index contributed by atoms with van der Waals surface area (Å²) in [6.45, 7) is 7.89. The van der Waals surface area contributed by atoms with Crippen LogP contribution in [0.2, 0.25) is 0 Å². The van der Waals surface area contributed by atoms with Crippen molar-refractivity contribution >= 4 is 28.9 Å². The molecule has 0 aliphatic carbocycles. The van der Waals surface area contributed by atoms with Gasteiger partial charge in [0.05, 0.1) is 24.7 Å². The Morgan fingerprint density at radius 2 is 1.67 bits per heavy atom. The number of imidazole rings is 1. The van der Waals surface area contributed by atoms with Crippen molar-refractivity contribution in [1.29, 1.82) is 0 Å². The van der Waals surface area contributed by atoms with Gasteiger partial charge in [-0.05, 0) is 69.4 Å². The Bertz CT molecular complexity index is 1560. The minimum atomic E-state index is -0.767. The van der Waals surface area contributed by atoms with Crippen molar-refractivity contribution < 1.29 is 23.9 Å². The Kier molecular flexibility index (Phi) is 8.64. The number of methoxy groups -OCH3 is 1. The highest BCUT2D eigenvalue weighted by Crippen LogP contribution is 2.30. The highest BCUT2D eigenvalue weighted by atomic mass is 16.6. The first-order chi connectivity index (χ1) is 20.4. The van der Waals surface area contributed by atoms with Crippen molar-refractivity contribution in [2.24, 2.45) is 7.05 Å². The SMILES string of the molecule is COc1ccc(CN2C(=O)CCC(n3c(=O)n(C)c4c(CN5CCC(NC(=O)OC(C)(C)C)CC5)cccc43)C2=O)cc1. The number of nitrogens with zero attached hydrogens (tertiary/aromatic N) is 4. The number of rotatable bonds is 7. The molecule has 0 bridgehead atoms. The molecule has 11 nitrogen and oxygen atoms in total. The standard InChI is InChI=1S/C32H41N5O6/c1-32(2,3)43-30(40)33-23-15-17-35(18-16-23)20-22-7-6-8-25-28(22)34(4)31(41)37(25)26-13-14-27(38)36(29(26)39)19-21-9-11-24(42-5)12-10-21/h6-12,23,26H,13-20H2,1-5H3,(H,33,40). The van der Waals surface area contributed by atoms with Crippen LogP contribution in [0, 0.1) is 0 Å². The maximum Gasteiger partial charge on any atom is 0.407 e. The van der Waals surface area contributed by atoms with Gasteiger partial charge < -0.3 is 14.8 Å². The van der Waals surface area contributed by atoms with Crippen LogP contribution in [0.4, 0.5) is 4.79 Å². The number of hydrogen-bond donors (Lipinski definition) is 1. The average Bonchev–Trinajstić information content (AvgIpc) is 3.21. The van der Waals surface area contributed by atoms with Crippen LogP contribution in [-0.4, -0.2) is 68.7 Å². The molecule has 1 atom stereocenters. The monoisotopic (exact) mass is 591 g/mol. The lowest BCUT2D eigenvalue weighted by Crippen LogP contribution is -2.47. The summed E-state index contributed by atoms with van der Waals surface area (Å²) in [4.78, 5) is 56.0. The number of benzene rings is 2. The molecule has 11 heteroatoms. The van der Waals surface area contributed by atoms with Crippen LogP contribution >= 0.6 is 0 Å². The molecule has 2 saturated heterocycles. The molecule has 5 rings (SSSR count). The van der Waals surface area contributed by atoms with E-state index >= 15 is 0 Å². The van der Waals surface area contributed by atoms with Crippen molar-refractivity contribution in [3.05, 3.63) is 64.1 Å². The van der Waals surface area contributed by atoms with Gasteiger partial charge in [0.15, 0.2) is 0 Å². The number of ether oxygens (including phenoxy) is 2. The zero-order valence-corrected chi connectivity index (χ0v) is 25.6. The number of aryl methyl sites for hydroxylation is 1. The van der Waals surface area contributed by atoms with Gasteiger partial charge in [0, 0.05) is 39.1 Å². The Morgan fingerprint density at radius 1 is 0.977 bits per heavy atom. The van der Waals surface area contributed by atoms with Crippen LogP contribution in [0.15, 0.2) is 47.3 Å². The van der Waals surface area contributed by atoms with Gasteiger partial charge in [-0.15, -0.1) is 0 Å². The Balaban J connectivity index is 1.32. The Hall–Kier alpha value is -4.12. The predicted molar refractivity (Wildman–Crippen MR) is 162 cm³/mol. The lowest BCUT2D eigenvalue weighted by atomic mass is 10.0. The van der Waals surface area contributed by atoms with E-state index in [-0.39, 0.29) is 42.9 Å². The number of alkyl carbamates (subject to hydrolysis) is 1. The number of nitrogens with one attached hydrogen (secondary N) is 1. The van der Waals surface area contributed by atoms with E-state index in [4.69, 9.17) is 9.47 Å². The number of imide groups is 1. The van der Waals surface area contributed by atoms with E-state index in [9.17, 15) is 19.2 Å². The number of hydrogen-bond acceptors (Lipinski definition) is 7. The van der Waals surface area contributed by atoms with E-state index < -0.39 is 17.7 Å². The molecule has 3 heterocycles. The molecule has 2 aliphatic rings. The zero-order valence-electron chi connectivity index (χ0n) is 25.6. The predicted octanol–water partition coefficient (Wildman–Crippen LogP) is 3.73.